The Balaban J connectivity index is 1.43. The van der Waals surface area contributed by atoms with Gasteiger partial charge >= 0.3 is 0 Å². The number of nitrogens with zero attached hydrogens (tertiary/aromatic N) is 2. The van der Waals surface area contributed by atoms with Crippen molar-refractivity contribution >= 4 is 38.9 Å². The predicted octanol–water partition coefficient (Wildman–Crippen LogP) is 3.00. The summed E-state index contributed by atoms with van der Waals surface area (Å²) in [6.07, 6.45) is 2.96. The van der Waals surface area contributed by atoms with Crippen molar-refractivity contribution in [2.45, 2.75) is 25.7 Å². The average molecular weight is 413 g/mol. The van der Waals surface area contributed by atoms with E-state index in [1.54, 1.807) is 41.3 Å². The van der Waals surface area contributed by atoms with Crippen molar-refractivity contribution < 1.29 is 18.0 Å². The van der Waals surface area contributed by atoms with Gasteiger partial charge in [0.15, 0.2) is 0 Å². The molecule has 0 radical (unpaired) electrons. The lowest BCUT2D eigenvalue weighted by atomic mass is 10.1. The topological polar surface area (TPSA) is 86.8 Å². The summed E-state index contributed by atoms with van der Waals surface area (Å²) < 4.78 is 25.8. The molecule has 29 heavy (non-hydrogen) atoms. The Hall–Kier alpha value is -2.87. The van der Waals surface area contributed by atoms with Gasteiger partial charge in [0.05, 0.1) is 11.4 Å². The molecule has 7 nitrogen and oxygen atoms in total. The molecule has 2 fully saturated rings. The quantitative estimate of drug-likeness (QED) is 0.835. The fourth-order valence-corrected chi connectivity index (χ4v) is 5.35. The minimum atomic E-state index is -3.27. The van der Waals surface area contributed by atoms with Crippen molar-refractivity contribution in [3.63, 3.8) is 0 Å². The Kier molecular flexibility index (Phi) is 5.27. The smallest absolute Gasteiger partial charge is 0.255 e. The van der Waals surface area contributed by atoms with Crippen LogP contribution < -0.4 is 14.5 Å². The monoisotopic (exact) mass is 413 g/mol. The van der Waals surface area contributed by atoms with Crippen molar-refractivity contribution in [1.29, 1.82) is 0 Å². The van der Waals surface area contributed by atoms with Crippen LogP contribution in [0.1, 0.15) is 36.0 Å². The molecule has 2 aromatic carbocycles. The fourth-order valence-electron chi connectivity index (χ4n) is 3.71. The Morgan fingerprint density at radius 1 is 0.862 bits per heavy atom. The van der Waals surface area contributed by atoms with Crippen LogP contribution in [-0.2, 0) is 14.8 Å². The van der Waals surface area contributed by atoms with E-state index in [4.69, 9.17) is 0 Å². The third kappa shape index (κ3) is 4.12. The zero-order chi connectivity index (χ0) is 20.4. The van der Waals surface area contributed by atoms with E-state index in [2.05, 4.69) is 5.32 Å². The Labute approximate surface area is 170 Å². The standard InChI is InChI=1S/C21H23N3O4S/c25-20-4-3-13-23(20)18-11-7-17(8-12-18)22-21(26)16-5-9-19(10-6-16)24-14-1-2-15-29(24,27)28/h5-12H,1-4,13-15H2,(H,22,26). The number of carbonyl (C=O) groups excluding carboxylic acids is 2. The molecule has 2 aromatic rings. The molecule has 8 heteroatoms. The van der Waals surface area contributed by atoms with Crippen LogP contribution >= 0.6 is 0 Å². The Morgan fingerprint density at radius 3 is 2.17 bits per heavy atom. The third-order valence-electron chi connectivity index (χ3n) is 5.28. The number of hydrogen-bond donors (Lipinski definition) is 1. The molecule has 152 valence electrons. The number of anilines is 3. The molecule has 2 amide bonds. The van der Waals surface area contributed by atoms with Crippen LogP contribution in [0.5, 0.6) is 0 Å². The summed E-state index contributed by atoms with van der Waals surface area (Å²) in [7, 11) is -3.27. The molecule has 0 spiro atoms. The largest absolute Gasteiger partial charge is 0.322 e. The highest BCUT2D eigenvalue weighted by Gasteiger charge is 2.26. The highest BCUT2D eigenvalue weighted by atomic mass is 32.2. The van der Waals surface area contributed by atoms with Crippen molar-refractivity contribution in [1.82, 2.24) is 0 Å². The number of sulfonamides is 1. The van der Waals surface area contributed by atoms with Crippen LogP contribution in [0.3, 0.4) is 0 Å². The maximum absolute atomic E-state index is 12.5. The number of hydrogen-bond acceptors (Lipinski definition) is 4. The number of amides is 2. The second-order valence-electron chi connectivity index (χ2n) is 7.29. The highest BCUT2D eigenvalue weighted by Crippen LogP contribution is 2.25. The van der Waals surface area contributed by atoms with E-state index in [0.717, 1.165) is 25.1 Å². The normalized spacial score (nSPS) is 18.7. The van der Waals surface area contributed by atoms with Crippen molar-refractivity contribution in [2.24, 2.45) is 0 Å². The molecule has 0 aliphatic carbocycles. The Morgan fingerprint density at radius 2 is 1.55 bits per heavy atom. The summed E-state index contributed by atoms with van der Waals surface area (Å²) in [6, 6.07) is 13.8. The number of rotatable bonds is 4. The number of carbonyl (C=O) groups is 2. The first-order valence-corrected chi connectivity index (χ1v) is 11.4. The van der Waals surface area contributed by atoms with Gasteiger partial charge in [0.25, 0.3) is 5.91 Å². The molecular formula is C21H23N3O4S. The first-order chi connectivity index (χ1) is 13.9. The van der Waals surface area contributed by atoms with Gasteiger partial charge in [-0.05, 0) is 67.8 Å². The molecule has 0 bridgehead atoms. The summed E-state index contributed by atoms with van der Waals surface area (Å²) >= 11 is 0. The van der Waals surface area contributed by atoms with E-state index in [1.165, 1.54) is 4.31 Å². The molecule has 2 heterocycles. The first-order valence-electron chi connectivity index (χ1n) is 9.76. The van der Waals surface area contributed by atoms with E-state index in [9.17, 15) is 18.0 Å². The van der Waals surface area contributed by atoms with Gasteiger partial charge in [-0.15, -0.1) is 0 Å². The molecule has 2 aliphatic rings. The predicted molar refractivity (Wildman–Crippen MR) is 113 cm³/mol. The zero-order valence-corrected chi connectivity index (χ0v) is 16.8. The van der Waals surface area contributed by atoms with Gasteiger partial charge in [0, 0.05) is 36.4 Å². The minimum Gasteiger partial charge on any atom is -0.322 e. The average Bonchev–Trinajstić information content (AvgIpc) is 3.14. The fraction of sp³-hybridized carbons (Fsp3) is 0.333. The van der Waals surface area contributed by atoms with Gasteiger partial charge in [0.2, 0.25) is 15.9 Å². The van der Waals surface area contributed by atoms with Crippen LogP contribution in [0.25, 0.3) is 0 Å². The van der Waals surface area contributed by atoms with Gasteiger partial charge in [-0.2, -0.15) is 0 Å². The zero-order valence-electron chi connectivity index (χ0n) is 16.0. The van der Waals surface area contributed by atoms with Crippen molar-refractivity contribution in [2.75, 3.05) is 33.4 Å². The summed E-state index contributed by atoms with van der Waals surface area (Å²) in [5.41, 5.74) is 2.49. The van der Waals surface area contributed by atoms with Gasteiger partial charge in [-0.25, -0.2) is 8.42 Å². The molecule has 1 N–H and O–H groups in total. The van der Waals surface area contributed by atoms with Crippen LogP contribution in [0.2, 0.25) is 0 Å². The molecular weight excluding hydrogens is 390 g/mol. The molecule has 0 aromatic heterocycles. The van der Waals surface area contributed by atoms with Gasteiger partial charge in [0.1, 0.15) is 0 Å². The number of benzene rings is 2. The second kappa shape index (κ2) is 7.87. The molecule has 2 aliphatic heterocycles. The molecule has 2 saturated heterocycles. The van der Waals surface area contributed by atoms with Crippen molar-refractivity contribution in [3.8, 4) is 0 Å². The van der Waals surface area contributed by atoms with Crippen molar-refractivity contribution in [3.05, 3.63) is 54.1 Å². The summed E-state index contributed by atoms with van der Waals surface area (Å²) in [5, 5.41) is 2.83. The van der Waals surface area contributed by atoms with E-state index in [1.807, 2.05) is 12.1 Å². The Bertz CT molecular complexity index is 1020. The number of nitrogens with one attached hydrogen (secondary N) is 1. The lowest BCUT2D eigenvalue weighted by Crippen LogP contribution is -2.37. The minimum absolute atomic E-state index is 0.123. The maximum Gasteiger partial charge on any atom is 0.255 e. The maximum atomic E-state index is 12.5. The van der Waals surface area contributed by atoms with Gasteiger partial charge < -0.3 is 10.2 Å². The van der Waals surface area contributed by atoms with E-state index in [-0.39, 0.29) is 17.6 Å². The lowest BCUT2D eigenvalue weighted by molar-refractivity contribution is -0.117. The lowest BCUT2D eigenvalue weighted by Gasteiger charge is -2.28. The van der Waals surface area contributed by atoms with Gasteiger partial charge in [-0.1, -0.05) is 0 Å². The van der Waals surface area contributed by atoms with E-state index >= 15 is 0 Å². The molecule has 4 rings (SSSR count). The van der Waals surface area contributed by atoms with Crippen LogP contribution in [-0.4, -0.2) is 39.1 Å². The van der Waals surface area contributed by atoms with E-state index < -0.39 is 10.0 Å². The molecule has 0 unspecified atom stereocenters. The summed E-state index contributed by atoms with van der Waals surface area (Å²) in [4.78, 5) is 26.1. The second-order valence-corrected chi connectivity index (χ2v) is 9.30. The SMILES string of the molecule is O=C(Nc1ccc(N2CCCC2=O)cc1)c1ccc(N2CCCCS2(=O)=O)cc1. The summed E-state index contributed by atoms with van der Waals surface area (Å²) in [6.45, 7) is 1.20. The molecule has 0 saturated carbocycles. The third-order valence-corrected chi connectivity index (χ3v) is 7.15. The summed E-state index contributed by atoms with van der Waals surface area (Å²) in [5.74, 6) is 0.00879. The van der Waals surface area contributed by atoms with Crippen LogP contribution in [0, 0.1) is 0 Å². The van der Waals surface area contributed by atoms with Crippen LogP contribution in [0.15, 0.2) is 48.5 Å². The van der Waals surface area contributed by atoms with Crippen LogP contribution in [0.4, 0.5) is 17.1 Å². The van der Waals surface area contributed by atoms with Gasteiger partial charge in [-0.3, -0.25) is 13.9 Å². The molecule has 0 atom stereocenters. The first kappa shape index (κ1) is 19.4. The highest BCUT2D eigenvalue weighted by molar-refractivity contribution is 7.92. The van der Waals surface area contributed by atoms with E-state index in [0.29, 0.717) is 36.3 Å².